The quantitative estimate of drug-likeness (QED) is 0.372. The lowest BCUT2D eigenvalue weighted by Gasteiger charge is -2.17. The monoisotopic (exact) mass is 437 g/mol. The standard InChI is InChI=1S/C20H20ClNO8/c1-10-6-16-15(30-16)5-3-2-4-11(22-28-9-17(25)26)7-12-18(20(27)29-10)13(23)8-14(24)19(12)21/h2-5,8,10,15-16,23-24H,6-7,9H2,1H3,(H,25,26)/b4-2+,5-3-,22-11?. The Bertz CT molecular complexity index is 939. The van der Waals surface area contributed by atoms with Crippen LogP contribution in [-0.2, 0) is 25.5 Å². The van der Waals surface area contributed by atoms with E-state index < -0.39 is 36.1 Å². The molecule has 9 nitrogen and oxygen atoms in total. The van der Waals surface area contributed by atoms with E-state index in [0.29, 0.717) is 6.42 Å². The highest BCUT2D eigenvalue weighted by Crippen LogP contribution is 2.38. The van der Waals surface area contributed by atoms with Crippen molar-refractivity contribution >= 4 is 29.3 Å². The SMILES string of the molecule is CC1CC2OC2/C=C\C=C\C(=NOCC(=O)O)Cc2c(Cl)c(O)cc(O)c2C(=O)O1. The van der Waals surface area contributed by atoms with Gasteiger partial charge in [0.25, 0.3) is 0 Å². The van der Waals surface area contributed by atoms with Gasteiger partial charge in [0.15, 0.2) is 0 Å². The van der Waals surface area contributed by atoms with Crippen LogP contribution in [0.4, 0.5) is 0 Å². The number of nitrogens with zero attached hydrogens (tertiary/aromatic N) is 1. The van der Waals surface area contributed by atoms with E-state index in [4.69, 9.17) is 31.0 Å². The van der Waals surface area contributed by atoms with Crippen molar-refractivity contribution in [2.45, 2.75) is 38.1 Å². The second-order valence-corrected chi connectivity index (χ2v) is 7.22. The highest BCUT2D eigenvalue weighted by molar-refractivity contribution is 6.33. The zero-order valence-corrected chi connectivity index (χ0v) is 16.7. The van der Waals surface area contributed by atoms with Crippen molar-refractivity contribution in [3.63, 3.8) is 0 Å². The Morgan fingerprint density at radius 2 is 2.10 bits per heavy atom. The highest BCUT2D eigenvalue weighted by Gasteiger charge is 2.38. The number of benzene rings is 1. The maximum Gasteiger partial charge on any atom is 0.344 e. The van der Waals surface area contributed by atoms with Crippen molar-refractivity contribution in [3.8, 4) is 11.5 Å². The van der Waals surface area contributed by atoms with E-state index in [2.05, 4.69) is 5.16 Å². The van der Waals surface area contributed by atoms with Crippen molar-refractivity contribution in [3.05, 3.63) is 46.5 Å². The van der Waals surface area contributed by atoms with E-state index in [9.17, 15) is 19.8 Å². The molecule has 1 fully saturated rings. The number of cyclic esters (lactones) is 1. The van der Waals surface area contributed by atoms with E-state index in [0.717, 1.165) is 6.07 Å². The summed E-state index contributed by atoms with van der Waals surface area (Å²) >= 11 is 6.20. The van der Waals surface area contributed by atoms with Crippen LogP contribution >= 0.6 is 11.6 Å². The molecule has 2 aliphatic rings. The number of carbonyl (C=O) groups is 2. The first-order valence-electron chi connectivity index (χ1n) is 9.11. The normalized spacial score (nSPS) is 27.2. The number of phenols is 2. The van der Waals surface area contributed by atoms with Crippen LogP contribution in [0, 0.1) is 0 Å². The molecule has 2 aliphatic heterocycles. The van der Waals surface area contributed by atoms with Crippen LogP contribution in [0.15, 0.2) is 35.5 Å². The molecule has 0 aromatic heterocycles. The summed E-state index contributed by atoms with van der Waals surface area (Å²) < 4.78 is 10.9. The first-order chi connectivity index (χ1) is 14.3. The summed E-state index contributed by atoms with van der Waals surface area (Å²) in [5, 5.41) is 32.6. The van der Waals surface area contributed by atoms with Gasteiger partial charge < -0.3 is 29.6 Å². The van der Waals surface area contributed by atoms with Gasteiger partial charge in [0.1, 0.15) is 29.3 Å². The van der Waals surface area contributed by atoms with Crippen LogP contribution < -0.4 is 0 Å². The third-order valence-electron chi connectivity index (χ3n) is 4.45. The molecule has 1 saturated heterocycles. The molecule has 0 spiro atoms. The van der Waals surface area contributed by atoms with Crippen molar-refractivity contribution in [2.75, 3.05) is 6.61 Å². The van der Waals surface area contributed by atoms with Crippen LogP contribution in [0.5, 0.6) is 11.5 Å². The van der Waals surface area contributed by atoms with Gasteiger partial charge in [-0.15, -0.1) is 0 Å². The van der Waals surface area contributed by atoms with Crippen molar-refractivity contribution in [2.24, 2.45) is 5.16 Å². The van der Waals surface area contributed by atoms with Gasteiger partial charge in [-0.25, -0.2) is 9.59 Å². The molecule has 3 N–H and O–H groups in total. The number of esters is 1. The molecule has 1 aromatic rings. The number of ether oxygens (including phenoxy) is 2. The first kappa shape index (κ1) is 21.7. The Labute approximate surface area is 176 Å². The smallest absolute Gasteiger partial charge is 0.344 e. The van der Waals surface area contributed by atoms with Crippen LogP contribution in [-0.4, -0.2) is 57.9 Å². The molecule has 0 bridgehead atoms. The van der Waals surface area contributed by atoms with Crippen LogP contribution in [0.3, 0.4) is 0 Å². The molecule has 3 unspecified atom stereocenters. The van der Waals surface area contributed by atoms with Gasteiger partial charge in [0.05, 0.1) is 16.8 Å². The number of hydrogen-bond donors (Lipinski definition) is 3. The number of aromatic hydroxyl groups is 2. The van der Waals surface area contributed by atoms with E-state index in [-0.39, 0.29) is 40.5 Å². The van der Waals surface area contributed by atoms with Crippen LogP contribution in [0.2, 0.25) is 5.02 Å². The molecule has 3 rings (SSSR count). The summed E-state index contributed by atoms with van der Waals surface area (Å²) in [4.78, 5) is 28.2. The lowest BCUT2D eigenvalue weighted by atomic mass is 9.99. The lowest BCUT2D eigenvalue weighted by Crippen LogP contribution is -2.20. The number of hydrogen-bond acceptors (Lipinski definition) is 8. The van der Waals surface area contributed by atoms with E-state index in [1.165, 1.54) is 6.08 Å². The zero-order valence-electron chi connectivity index (χ0n) is 15.9. The number of allylic oxidation sites excluding steroid dienone is 3. The Kier molecular flexibility index (Phi) is 6.63. The zero-order chi connectivity index (χ0) is 21.8. The number of fused-ring (bicyclic) bond motifs is 2. The molecular formula is C20H20ClNO8. The summed E-state index contributed by atoms with van der Waals surface area (Å²) in [6.45, 7) is 1.04. The van der Waals surface area contributed by atoms with Gasteiger partial charge in [-0.1, -0.05) is 35.0 Å². The number of epoxide rings is 1. The van der Waals surface area contributed by atoms with Gasteiger partial charge in [-0.05, 0) is 18.6 Å². The van der Waals surface area contributed by atoms with E-state index >= 15 is 0 Å². The minimum Gasteiger partial charge on any atom is -0.507 e. The average molecular weight is 438 g/mol. The van der Waals surface area contributed by atoms with Gasteiger partial charge in [-0.3, -0.25) is 0 Å². The summed E-state index contributed by atoms with van der Waals surface area (Å²) in [5.41, 5.74) is 0.0420. The van der Waals surface area contributed by atoms with Crippen LogP contribution in [0.1, 0.15) is 29.3 Å². The van der Waals surface area contributed by atoms with Crippen molar-refractivity contribution in [1.82, 2.24) is 0 Å². The molecule has 0 saturated carbocycles. The van der Waals surface area contributed by atoms with Gasteiger partial charge in [0.2, 0.25) is 6.61 Å². The van der Waals surface area contributed by atoms with Gasteiger partial charge in [-0.2, -0.15) is 0 Å². The predicted octanol–water partition coefficient (Wildman–Crippen LogP) is 2.58. The second kappa shape index (κ2) is 9.19. The Hall–Kier alpha value is -3.04. The van der Waals surface area contributed by atoms with E-state index in [1.807, 2.05) is 6.08 Å². The molecule has 10 heteroatoms. The summed E-state index contributed by atoms with van der Waals surface area (Å²) in [6.07, 6.45) is 6.37. The largest absolute Gasteiger partial charge is 0.507 e. The number of carboxylic acid groups (broad SMARTS) is 1. The maximum atomic E-state index is 12.8. The predicted molar refractivity (Wildman–Crippen MR) is 106 cm³/mol. The Morgan fingerprint density at radius 3 is 2.83 bits per heavy atom. The van der Waals surface area contributed by atoms with Gasteiger partial charge >= 0.3 is 11.9 Å². The minimum atomic E-state index is -1.22. The minimum absolute atomic E-state index is 0.0651. The molecule has 0 amide bonds. The number of phenolic OH excluding ortho intramolecular Hbond substituents is 2. The molecule has 30 heavy (non-hydrogen) atoms. The third kappa shape index (κ3) is 5.31. The molecule has 0 aliphatic carbocycles. The molecule has 160 valence electrons. The number of carboxylic acids is 1. The fraction of sp³-hybridized carbons (Fsp3) is 0.350. The number of rotatable bonds is 3. The average Bonchev–Trinajstić information content (AvgIpc) is 3.38. The summed E-state index contributed by atoms with van der Waals surface area (Å²) in [7, 11) is 0. The molecule has 0 radical (unpaired) electrons. The van der Waals surface area contributed by atoms with E-state index in [1.54, 1.807) is 19.1 Å². The second-order valence-electron chi connectivity index (χ2n) is 6.84. The Morgan fingerprint density at radius 1 is 1.33 bits per heavy atom. The summed E-state index contributed by atoms with van der Waals surface area (Å²) in [5.74, 6) is -2.98. The lowest BCUT2D eigenvalue weighted by molar-refractivity contribution is -0.142. The fourth-order valence-electron chi connectivity index (χ4n) is 3.02. The third-order valence-corrected chi connectivity index (χ3v) is 4.87. The first-order valence-corrected chi connectivity index (χ1v) is 9.49. The summed E-state index contributed by atoms with van der Waals surface area (Å²) in [6, 6.07) is 0.951. The number of halogens is 1. The van der Waals surface area contributed by atoms with Crippen molar-refractivity contribution in [1.29, 1.82) is 0 Å². The molecule has 1 aromatic carbocycles. The van der Waals surface area contributed by atoms with Crippen molar-refractivity contribution < 1.29 is 39.2 Å². The molecular weight excluding hydrogens is 418 g/mol. The van der Waals surface area contributed by atoms with Crippen LogP contribution in [0.25, 0.3) is 0 Å². The molecule has 3 atom stereocenters. The highest BCUT2D eigenvalue weighted by atomic mass is 35.5. The Balaban J connectivity index is 2.03. The number of aliphatic carboxylic acids is 1. The van der Waals surface area contributed by atoms with Gasteiger partial charge in [0, 0.05) is 18.9 Å². The maximum absolute atomic E-state index is 12.8. The molecule has 2 heterocycles. The number of oxime groups is 1. The fourth-order valence-corrected chi connectivity index (χ4v) is 3.24. The topological polar surface area (TPSA) is 138 Å². The number of carbonyl (C=O) groups excluding carboxylic acids is 1.